The van der Waals surface area contributed by atoms with Crippen molar-refractivity contribution in [3.63, 3.8) is 0 Å². The summed E-state index contributed by atoms with van der Waals surface area (Å²) < 4.78 is 13.0. The molecule has 13 heavy (non-hydrogen) atoms. The van der Waals surface area contributed by atoms with Gasteiger partial charge in [-0.25, -0.2) is 4.39 Å². The SMILES string of the molecule is C=C1Cc2ccc(F)cc2C1CC. The van der Waals surface area contributed by atoms with Crippen molar-refractivity contribution in [3.05, 3.63) is 47.3 Å². The van der Waals surface area contributed by atoms with Crippen molar-refractivity contribution in [1.29, 1.82) is 0 Å². The molecule has 0 spiro atoms. The normalized spacial score (nSPS) is 20.5. The van der Waals surface area contributed by atoms with Crippen LogP contribution in [0.4, 0.5) is 4.39 Å². The maximum absolute atomic E-state index is 13.0. The molecule has 0 aromatic heterocycles. The molecule has 1 atom stereocenters. The molecule has 1 aliphatic carbocycles. The van der Waals surface area contributed by atoms with Gasteiger partial charge in [0.2, 0.25) is 0 Å². The summed E-state index contributed by atoms with van der Waals surface area (Å²) in [5.74, 6) is 0.248. The lowest BCUT2D eigenvalue weighted by atomic mass is 9.96. The van der Waals surface area contributed by atoms with Crippen LogP contribution in [-0.4, -0.2) is 0 Å². The third kappa shape index (κ3) is 1.28. The summed E-state index contributed by atoms with van der Waals surface area (Å²) in [5, 5.41) is 0. The van der Waals surface area contributed by atoms with Gasteiger partial charge < -0.3 is 0 Å². The van der Waals surface area contributed by atoms with E-state index in [9.17, 15) is 4.39 Å². The van der Waals surface area contributed by atoms with Gasteiger partial charge >= 0.3 is 0 Å². The zero-order chi connectivity index (χ0) is 9.42. The van der Waals surface area contributed by atoms with Crippen LogP contribution in [0.25, 0.3) is 0 Å². The van der Waals surface area contributed by atoms with Gasteiger partial charge in [-0.3, -0.25) is 0 Å². The van der Waals surface area contributed by atoms with Crippen LogP contribution in [0.15, 0.2) is 30.4 Å². The van der Waals surface area contributed by atoms with Crippen molar-refractivity contribution in [3.8, 4) is 0 Å². The maximum atomic E-state index is 13.0. The fourth-order valence-corrected chi connectivity index (χ4v) is 2.15. The Hall–Kier alpha value is -1.11. The second-order valence-corrected chi connectivity index (χ2v) is 3.64. The number of benzene rings is 1. The molecule has 68 valence electrons. The van der Waals surface area contributed by atoms with E-state index in [4.69, 9.17) is 0 Å². The van der Waals surface area contributed by atoms with Crippen LogP contribution in [0, 0.1) is 5.82 Å². The second kappa shape index (κ2) is 2.99. The Bertz CT molecular complexity index is 352. The number of hydrogen-bond donors (Lipinski definition) is 0. The molecule has 0 bridgehead atoms. The van der Waals surface area contributed by atoms with Crippen LogP contribution in [0.3, 0.4) is 0 Å². The Morgan fingerprint density at radius 3 is 3.00 bits per heavy atom. The van der Waals surface area contributed by atoms with Crippen LogP contribution in [0.1, 0.15) is 30.4 Å². The van der Waals surface area contributed by atoms with E-state index < -0.39 is 0 Å². The smallest absolute Gasteiger partial charge is 0.123 e. The van der Waals surface area contributed by atoms with E-state index in [-0.39, 0.29) is 5.82 Å². The highest BCUT2D eigenvalue weighted by molar-refractivity contribution is 5.44. The minimum Gasteiger partial charge on any atom is -0.207 e. The molecule has 0 radical (unpaired) electrons. The number of fused-ring (bicyclic) bond motifs is 1. The zero-order valence-corrected chi connectivity index (χ0v) is 7.81. The summed E-state index contributed by atoms with van der Waals surface area (Å²) in [7, 11) is 0. The van der Waals surface area contributed by atoms with Crippen molar-refractivity contribution >= 4 is 0 Å². The monoisotopic (exact) mass is 176 g/mol. The molecular formula is C12H13F. The summed E-state index contributed by atoms with van der Waals surface area (Å²) in [6.45, 7) is 6.15. The predicted octanol–water partition coefficient (Wildman–Crippen LogP) is 3.43. The lowest BCUT2D eigenvalue weighted by molar-refractivity contribution is 0.623. The predicted molar refractivity (Wildman–Crippen MR) is 52.3 cm³/mol. The molecule has 0 nitrogen and oxygen atoms in total. The fourth-order valence-electron chi connectivity index (χ4n) is 2.15. The summed E-state index contributed by atoms with van der Waals surface area (Å²) in [5.41, 5.74) is 3.62. The van der Waals surface area contributed by atoms with Crippen molar-refractivity contribution in [2.75, 3.05) is 0 Å². The Morgan fingerprint density at radius 2 is 2.31 bits per heavy atom. The van der Waals surface area contributed by atoms with Gasteiger partial charge in [0.1, 0.15) is 5.82 Å². The fraction of sp³-hybridized carbons (Fsp3) is 0.333. The molecule has 0 fully saturated rings. The van der Waals surface area contributed by atoms with E-state index in [0.717, 1.165) is 18.4 Å². The molecule has 0 amide bonds. The van der Waals surface area contributed by atoms with E-state index in [1.54, 1.807) is 6.07 Å². The first kappa shape index (κ1) is 8.49. The highest BCUT2D eigenvalue weighted by Gasteiger charge is 2.24. The van der Waals surface area contributed by atoms with Gasteiger partial charge in [0, 0.05) is 5.92 Å². The second-order valence-electron chi connectivity index (χ2n) is 3.64. The standard InChI is InChI=1S/C12H13F/c1-3-11-8(2)6-9-4-5-10(13)7-12(9)11/h4-5,7,11H,2-3,6H2,1H3. The topological polar surface area (TPSA) is 0 Å². The first-order chi connectivity index (χ1) is 6.22. The van der Waals surface area contributed by atoms with E-state index in [1.807, 2.05) is 6.07 Å². The average Bonchev–Trinajstić information content (AvgIpc) is 2.40. The molecule has 0 heterocycles. The van der Waals surface area contributed by atoms with Crippen LogP contribution in [0.2, 0.25) is 0 Å². The summed E-state index contributed by atoms with van der Waals surface area (Å²) in [6.07, 6.45) is 1.95. The van der Waals surface area contributed by atoms with E-state index in [0.29, 0.717) is 5.92 Å². The van der Waals surface area contributed by atoms with Crippen LogP contribution in [0.5, 0.6) is 0 Å². The first-order valence-corrected chi connectivity index (χ1v) is 4.68. The largest absolute Gasteiger partial charge is 0.207 e. The Kier molecular flexibility index (Phi) is 1.95. The van der Waals surface area contributed by atoms with Gasteiger partial charge in [0.05, 0.1) is 0 Å². The number of hydrogen-bond acceptors (Lipinski definition) is 0. The lowest BCUT2D eigenvalue weighted by Crippen LogP contribution is -1.93. The van der Waals surface area contributed by atoms with Gasteiger partial charge in [-0.05, 0) is 36.1 Å². The van der Waals surface area contributed by atoms with Gasteiger partial charge in [-0.1, -0.05) is 25.1 Å². The van der Waals surface area contributed by atoms with Crippen molar-refractivity contribution in [1.82, 2.24) is 0 Å². The Morgan fingerprint density at radius 1 is 1.54 bits per heavy atom. The molecule has 0 saturated carbocycles. The van der Waals surface area contributed by atoms with Gasteiger partial charge in [0.25, 0.3) is 0 Å². The maximum Gasteiger partial charge on any atom is 0.123 e. The summed E-state index contributed by atoms with van der Waals surface area (Å²) in [4.78, 5) is 0. The van der Waals surface area contributed by atoms with Crippen LogP contribution < -0.4 is 0 Å². The summed E-state index contributed by atoms with van der Waals surface area (Å²) >= 11 is 0. The molecule has 1 aromatic carbocycles. The highest BCUT2D eigenvalue weighted by atomic mass is 19.1. The molecule has 0 aliphatic heterocycles. The Labute approximate surface area is 78.1 Å². The van der Waals surface area contributed by atoms with E-state index in [2.05, 4.69) is 13.5 Å². The molecular weight excluding hydrogens is 163 g/mol. The number of rotatable bonds is 1. The zero-order valence-electron chi connectivity index (χ0n) is 7.81. The van der Waals surface area contributed by atoms with E-state index >= 15 is 0 Å². The quantitative estimate of drug-likeness (QED) is 0.575. The van der Waals surface area contributed by atoms with Gasteiger partial charge in [-0.2, -0.15) is 0 Å². The third-order valence-electron chi connectivity index (χ3n) is 2.80. The summed E-state index contributed by atoms with van der Waals surface area (Å²) in [6, 6.07) is 5.07. The molecule has 2 rings (SSSR count). The van der Waals surface area contributed by atoms with Gasteiger partial charge in [0.15, 0.2) is 0 Å². The van der Waals surface area contributed by atoms with Gasteiger partial charge in [-0.15, -0.1) is 0 Å². The molecule has 1 aromatic rings. The molecule has 0 N–H and O–H groups in total. The molecule has 0 saturated heterocycles. The van der Waals surface area contributed by atoms with E-state index in [1.165, 1.54) is 17.2 Å². The molecule has 1 heteroatoms. The Balaban J connectivity index is 2.50. The van der Waals surface area contributed by atoms with Crippen molar-refractivity contribution < 1.29 is 4.39 Å². The number of allylic oxidation sites excluding steroid dienone is 1. The highest BCUT2D eigenvalue weighted by Crippen LogP contribution is 2.38. The minimum absolute atomic E-state index is 0.132. The molecule has 1 unspecified atom stereocenters. The van der Waals surface area contributed by atoms with Crippen molar-refractivity contribution in [2.24, 2.45) is 0 Å². The molecule has 1 aliphatic rings. The van der Waals surface area contributed by atoms with Crippen molar-refractivity contribution in [2.45, 2.75) is 25.7 Å². The minimum atomic E-state index is -0.132. The van der Waals surface area contributed by atoms with Crippen LogP contribution >= 0.6 is 0 Å². The average molecular weight is 176 g/mol. The first-order valence-electron chi connectivity index (χ1n) is 4.68. The lowest BCUT2D eigenvalue weighted by Gasteiger charge is -2.09. The number of halogens is 1. The third-order valence-corrected chi connectivity index (χ3v) is 2.80. The van der Waals surface area contributed by atoms with Crippen LogP contribution in [-0.2, 0) is 6.42 Å².